The zero-order chi connectivity index (χ0) is 19.0. The van der Waals surface area contributed by atoms with Crippen molar-refractivity contribution in [1.82, 2.24) is 19.9 Å². The number of nitrogens with zero attached hydrogens (tertiary/aromatic N) is 4. The highest BCUT2D eigenvalue weighted by molar-refractivity contribution is 7.91. The standard InChI is InChI=1S/C18H19FN4O3S/c1-12-11-26-22-16(12)10-17-20-18(13-2-4-14(19)5-3-13)21-23(17)15-6-8-27(24,25)9-7-15/h2-5,11,15H,6-10H2,1H3. The molecule has 2 aromatic heterocycles. The molecular weight excluding hydrogens is 371 g/mol. The Morgan fingerprint density at radius 2 is 1.93 bits per heavy atom. The van der Waals surface area contributed by atoms with E-state index in [1.807, 2.05) is 11.6 Å². The molecule has 0 aliphatic carbocycles. The highest BCUT2D eigenvalue weighted by Gasteiger charge is 2.28. The van der Waals surface area contributed by atoms with Crippen LogP contribution in [0.5, 0.6) is 0 Å². The van der Waals surface area contributed by atoms with Gasteiger partial charge in [0, 0.05) is 11.1 Å². The number of hydrogen-bond acceptors (Lipinski definition) is 6. The first kappa shape index (κ1) is 17.8. The molecular formula is C18H19FN4O3S. The summed E-state index contributed by atoms with van der Waals surface area (Å²) in [5.41, 5.74) is 2.38. The molecule has 1 aliphatic heterocycles. The Bertz CT molecular complexity index is 1040. The molecule has 4 rings (SSSR count). The van der Waals surface area contributed by atoms with Crippen LogP contribution in [0, 0.1) is 12.7 Å². The van der Waals surface area contributed by atoms with Gasteiger partial charge in [-0.2, -0.15) is 5.10 Å². The molecule has 0 unspecified atom stereocenters. The third kappa shape index (κ3) is 3.78. The van der Waals surface area contributed by atoms with Gasteiger partial charge < -0.3 is 4.52 Å². The van der Waals surface area contributed by atoms with Crippen LogP contribution in [0.3, 0.4) is 0 Å². The van der Waals surface area contributed by atoms with Crippen molar-refractivity contribution < 1.29 is 17.3 Å². The molecule has 0 radical (unpaired) electrons. The summed E-state index contributed by atoms with van der Waals surface area (Å²) >= 11 is 0. The minimum Gasteiger partial charge on any atom is -0.364 e. The number of rotatable bonds is 4. The second-order valence-corrected chi connectivity index (χ2v) is 9.11. The van der Waals surface area contributed by atoms with Crippen molar-refractivity contribution in [2.75, 3.05) is 11.5 Å². The zero-order valence-corrected chi connectivity index (χ0v) is 15.6. The molecule has 27 heavy (non-hydrogen) atoms. The van der Waals surface area contributed by atoms with Crippen LogP contribution in [0.15, 0.2) is 35.1 Å². The SMILES string of the molecule is Cc1conc1Cc1nc(-c2ccc(F)cc2)nn1C1CCS(=O)(=O)CC1. The maximum Gasteiger partial charge on any atom is 0.181 e. The number of benzene rings is 1. The van der Waals surface area contributed by atoms with Crippen LogP contribution in [-0.2, 0) is 16.3 Å². The molecule has 0 amide bonds. The van der Waals surface area contributed by atoms with Gasteiger partial charge in [-0.1, -0.05) is 5.16 Å². The molecule has 0 saturated carbocycles. The lowest BCUT2D eigenvalue weighted by atomic mass is 10.1. The summed E-state index contributed by atoms with van der Waals surface area (Å²) in [6, 6.07) is 5.95. The summed E-state index contributed by atoms with van der Waals surface area (Å²) in [7, 11) is -2.97. The van der Waals surface area contributed by atoms with Gasteiger partial charge in [0.15, 0.2) is 5.82 Å². The van der Waals surface area contributed by atoms with Crippen LogP contribution in [0.1, 0.15) is 36.0 Å². The molecule has 1 saturated heterocycles. The summed E-state index contributed by atoms with van der Waals surface area (Å²) in [5.74, 6) is 1.14. The van der Waals surface area contributed by atoms with Gasteiger partial charge >= 0.3 is 0 Å². The van der Waals surface area contributed by atoms with Gasteiger partial charge in [0.25, 0.3) is 0 Å². The van der Waals surface area contributed by atoms with E-state index in [9.17, 15) is 12.8 Å². The van der Waals surface area contributed by atoms with E-state index in [1.54, 1.807) is 18.4 Å². The van der Waals surface area contributed by atoms with Crippen LogP contribution in [0.2, 0.25) is 0 Å². The van der Waals surface area contributed by atoms with Gasteiger partial charge in [-0.15, -0.1) is 0 Å². The van der Waals surface area contributed by atoms with Crippen LogP contribution in [0.4, 0.5) is 4.39 Å². The van der Waals surface area contributed by atoms with Crippen molar-refractivity contribution in [2.45, 2.75) is 32.2 Å². The first-order valence-electron chi connectivity index (χ1n) is 8.73. The van der Waals surface area contributed by atoms with E-state index in [2.05, 4.69) is 15.2 Å². The highest BCUT2D eigenvalue weighted by atomic mass is 32.2. The molecule has 3 heterocycles. The number of aromatic nitrogens is 4. The minimum atomic E-state index is -2.97. The smallest absolute Gasteiger partial charge is 0.181 e. The minimum absolute atomic E-state index is 0.0440. The van der Waals surface area contributed by atoms with Crippen LogP contribution in [-0.4, -0.2) is 39.8 Å². The van der Waals surface area contributed by atoms with Gasteiger partial charge in [-0.3, -0.25) is 0 Å². The van der Waals surface area contributed by atoms with Crippen LogP contribution >= 0.6 is 0 Å². The Morgan fingerprint density at radius 1 is 1.22 bits per heavy atom. The number of halogens is 1. The van der Waals surface area contributed by atoms with Crippen LogP contribution < -0.4 is 0 Å². The van der Waals surface area contributed by atoms with E-state index in [1.165, 1.54) is 12.1 Å². The van der Waals surface area contributed by atoms with Crippen LogP contribution in [0.25, 0.3) is 11.4 Å². The van der Waals surface area contributed by atoms with Gasteiger partial charge in [0.2, 0.25) is 0 Å². The van der Waals surface area contributed by atoms with E-state index in [0.29, 0.717) is 36.5 Å². The number of sulfone groups is 1. The van der Waals surface area contributed by atoms with Crippen molar-refractivity contribution in [1.29, 1.82) is 0 Å². The monoisotopic (exact) mass is 390 g/mol. The summed E-state index contributed by atoms with van der Waals surface area (Å²) in [5, 5.41) is 8.63. The number of hydrogen-bond donors (Lipinski definition) is 0. The Morgan fingerprint density at radius 3 is 2.56 bits per heavy atom. The summed E-state index contributed by atoms with van der Waals surface area (Å²) < 4.78 is 43.6. The van der Waals surface area contributed by atoms with Gasteiger partial charge in [-0.05, 0) is 44.0 Å². The zero-order valence-electron chi connectivity index (χ0n) is 14.8. The summed E-state index contributed by atoms with van der Waals surface area (Å²) in [4.78, 5) is 4.64. The molecule has 1 aromatic carbocycles. The molecule has 0 atom stereocenters. The summed E-state index contributed by atoms with van der Waals surface area (Å²) in [6.45, 7) is 1.90. The first-order chi connectivity index (χ1) is 12.9. The van der Waals surface area contributed by atoms with Crippen molar-refractivity contribution in [3.8, 4) is 11.4 Å². The quantitative estimate of drug-likeness (QED) is 0.680. The second-order valence-electron chi connectivity index (χ2n) is 6.81. The number of aryl methyl sites for hydroxylation is 1. The lowest BCUT2D eigenvalue weighted by Crippen LogP contribution is -2.27. The first-order valence-corrected chi connectivity index (χ1v) is 10.5. The van der Waals surface area contributed by atoms with Gasteiger partial charge in [0.1, 0.15) is 27.7 Å². The van der Waals surface area contributed by atoms with Crippen molar-refractivity contribution in [3.05, 3.63) is 53.4 Å². The third-order valence-corrected chi connectivity index (χ3v) is 6.56. The van der Waals surface area contributed by atoms with E-state index < -0.39 is 9.84 Å². The largest absolute Gasteiger partial charge is 0.364 e. The predicted molar refractivity (Wildman–Crippen MR) is 96.4 cm³/mol. The Balaban J connectivity index is 1.71. The Kier molecular flexibility index (Phi) is 4.55. The predicted octanol–water partition coefficient (Wildman–Crippen LogP) is 2.72. The van der Waals surface area contributed by atoms with Crippen molar-refractivity contribution in [2.24, 2.45) is 0 Å². The second kappa shape index (κ2) is 6.88. The molecule has 0 N–H and O–H groups in total. The van der Waals surface area contributed by atoms with Gasteiger partial charge in [-0.25, -0.2) is 22.5 Å². The van der Waals surface area contributed by atoms with E-state index in [0.717, 1.165) is 11.3 Å². The lowest BCUT2D eigenvalue weighted by Gasteiger charge is -2.23. The molecule has 9 heteroatoms. The van der Waals surface area contributed by atoms with E-state index in [-0.39, 0.29) is 23.4 Å². The molecule has 0 bridgehead atoms. The molecule has 1 aliphatic rings. The molecule has 7 nitrogen and oxygen atoms in total. The fourth-order valence-electron chi connectivity index (χ4n) is 3.24. The average Bonchev–Trinajstić information content (AvgIpc) is 3.23. The average molecular weight is 390 g/mol. The molecule has 3 aromatic rings. The Labute approximate surface area is 156 Å². The molecule has 142 valence electrons. The fourth-order valence-corrected chi connectivity index (χ4v) is 4.71. The van der Waals surface area contributed by atoms with Crippen molar-refractivity contribution in [3.63, 3.8) is 0 Å². The van der Waals surface area contributed by atoms with E-state index in [4.69, 9.17) is 4.52 Å². The third-order valence-electron chi connectivity index (χ3n) is 4.85. The topological polar surface area (TPSA) is 90.9 Å². The molecule has 0 spiro atoms. The van der Waals surface area contributed by atoms with Crippen molar-refractivity contribution >= 4 is 9.84 Å². The molecule has 1 fully saturated rings. The lowest BCUT2D eigenvalue weighted by molar-refractivity contribution is 0.395. The van der Waals surface area contributed by atoms with Gasteiger partial charge in [0.05, 0.1) is 29.7 Å². The Hall–Kier alpha value is -2.55. The maximum atomic E-state index is 13.2. The normalized spacial score (nSPS) is 17.3. The highest BCUT2D eigenvalue weighted by Crippen LogP contribution is 2.27. The fraction of sp³-hybridized carbons (Fsp3) is 0.389. The summed E-state index contributed by atoms with van der Waals surface area (Å²) in [6.07, 6.45) is 3.00. The van der Waals surface area contributed by atoms with E-state index >= 15 is 0 Å². The maximum absolute atomic E-state index is 13.2.